The molecule has 0 saturated carbocycles. The first-order valence-electron chi connectivity index (χ1n) is 10.2. The van der Waals surface area contributed by atoms with Gasteiger partial charge >= 0.3 is 0 Å². The Morgan fingerprint density at radius 3 is 2.25 bits per heavy atom. The van der Waals surface area contributed by atoms with Crippen molar-refractivity contribution < 1.29 is 8.42 Å². The van der Waals surface area contributed by atoms with Crippen LogP contribution in [0.25, 0.3) is 0 Å². The number of benzene rings is 1. The molecule has 1 aliphatic heterocycles. The third-order valence-corrected chi connectivity index (χ3v) is 7.52. The van der Waals surface area contributed by atoms with E-state index >= 15 is 0 Å². The number of sulfonamides is 1. The smallest absolute Gasteiger partial charge is 0.240 e. The summed E-state index contributed by atoms with van der Waals surface area (Å²) in [5.74, 6) is 0. The van der Waals surface area contributed by atoms with E-state index < -0.39 is 10.0 Å². The molecule has 1 fully saturated rings. The number of likely N-dealkylation sites (tertiary alicyclic amines) is 1. The molecule has 5 nitrogen and oxygen atoms in total. The molecule has 1 unspecified atom stereocenters. The number of aryl methyl sites for hydroxylation is 4. The van der Waals surface area contributed by atoms with E-state index in [4.69, 9.17) is 0 Å². The van der Waals surface area contributed by atoms with Gasteiger partial charge in [0.2, 0.25) is 10.0 Å². The average molecular weight is 404 g/mol. The van der Waals surface area contributed by atoms with Crippen LogP contribution in [-0.2, 0) is 17.1 Å². The molecule has 0 amide bonds. The first-order chi connectivity index (χ1) is 13.3. The maximum absolute atomic E-state index is 13.1. The maximum atomic E-state index is 13.1. The van der Waals surface area contributed by atoms with Gasteiger partial charge in [0, 0.05) is 25.5 Å². The number of hydrogen-bond acceptors (Lipinski definition) is 3. The molecule has 28 heavy (non-hydrogen) atoms. The van der Waals surface area contributed by atoms with Crippen LogP contribution >= 0.6 is 0 Å². The van der Waals surface area contributed by atoms with Gasteiger partial charge in [0.1, 0.15) is 0 Å². The third-order valence-electron chi connectivity index (χ3n) is 5.95. The second-order valence-corrected chi connectivity index (χ2v) is 9.80. The highest BCUT2D eigenvalue weighted by molar-refractivity contribution is 7.89. The topological polar surface area (TPSA) is 54.3 Å². The summed E-state index contributed by atoms with van der Waals surface area (Å²) < 4.78 is 31.2. The van der Waals surface area contributed by atoms with Gasteiger partial charge in [-0.15, -0.1) is 0 Å². The van der Waals surface area contributed by atoms with Crippen LogP contribution in [0.5, 0.6) is 0 Å². The largest absolute Gasteiger partial charge is 0.353 e. The number of aromatic nitrogens is 1. The third kappa shape index (κ3) is 4.67. The summed E-state index contributed by atoms with van der Waals surface area (Å²) in [6.45, 7) is 8.24. The minimum atomic E-state index is -3.56. The first-order valence-corrected chi connectivity index (χ1v) is 11.7. The van der Waals surface area contributed by atoms with E-state index in [1.165, 1.54) is 25.7 Å². The van der Waals surface area contributed by atoms with Crippen molar-refractivity contribution in [2.75, 3.05) is 19.6 Å². The van der Waals surface area contributed by atoms with Crippen molar-refractivity contribution in [1.82, 2.24) is 14.2 Å². The van der Waals surface area contributed by atoms with Gasteiger partial charge in [0.25, 0.3) is 0 Å². The van der Waals surface area contributed by atoms with E-state index in [-0.39, 0.29) is 6.04 Å². The summed E-state index contributed by atoms with van der Waals surface area (Å²) in [5.41, 5.74) is 4.06. The maximum Gasteiger partial charge on any atom is 0.240 e. The van der Waals surface area contributed by atoms with Crippen molar-refractivity contribution in [2.24, 2.45) is 7.05 Å². The Morgan fingerprint density at radius 2 is 1.64 bits per heavy atom. The molecule has 154 valence electrons. The van der Waals surface area contributed by atoms with Gasteiger partial charge in [0.15, 0.2) is 0 Å². The van der Waals surface area contributed by atoms with Crippen LogP contribution < -0.4 is 4.72 Å². The molecule has 3 rings (SSSR count). The molecule has 1 aromatic carbocycles. The second-order valence-electron chi connectivity index (χ2n) is 8.06. The number of rotatable bonds is 6. The molecule has 1 aliphatic rings. The molecule has 2 heterocycles. The van der Waals surface area contributed by atoms with Gasteiger partial charge in [-0.3, -0.25) is 4.90 Å². The first kappa shape index (κ1) is 21.1. The van der Waals surface area contributed by atoms with Crippen molar-refractivity contribution in [2.45, 2.75) is 57.4 Å². The van der Waals surface area contributed by atoms with Crippen molar-refractivity contribution >= 4 is 10.0 Å². The predicted molar refractivity (Wildman–Crippen MR) is 114 cm³/mol. The lowest BCUT2D eigenvalue weighted by Crippen LogP contribution is -2.39. The van der Waals surface area contributed by atoms with Crippen molar-refractivity contribution in [3.05, 3.63) is 52.8 Å². The van der Waals surface area contributed by atoms with Gasteiger partial charge < -0.3 is 4.57 Å². The molecule has 0 bridgehead atoms. The predicted octanol–water partition coefficient (Wildman–Crippen LogP) is 3.85. The van der Waals surface area contributed by atoms with E-state index in [2.05, 4.69) is 20.3 Å². The monoisotopic (exact) mass is 403 g/mol. The molecule has 0 spiro atoms. The molecule has 0 radical (unpaired) electrons. The summed E-state index contributed by atoms with van der Waals surface area (Å²) in [6, 6.07) is 7.91. The van der Waals surface area contributed by atoms with Crippen LogP contribution in [0.3, 0.4) is 0 Å². The molecule has 1 atom stereocenters. The van der Waals surface area contributed by atoms with E-state index in [9.17, 15) is 8.42 Å². The zero-order valence-corrected chi connectivity index (χ0v) is 18.3. The summed E-state index contributed by atoms with van der Waals surface area (Å²) in [6.07, 6.45) is 6.88. The Bertz CT molecular complexity index is 910. The molecule has 6 heteroatoms. The van der Waals surface area contributed by atoms with Crippen molar-refractivity contribution in [3.8, 4) is 0 Å². The molecule has 1 N–H and O–H groups in total. The highest BCUT2D eigenvalue weighted by Crippen LogP contribution is 2.25. The molecular weight excluding hydrogens is 370 g/mol. The Labute approximate surface area is 169 Å². The Kier molecular flexibility index (Phi) is 6.63. The van der Waals surface area contributed by atoms with Gasteiger partial charge in [-0.25, -0.2) is 13.1 Å². The van der Waals surface area contributed by atoms with E-state index in [1.54, 1.807) is 6.07 Å². The SMILES string of the molecule is Cc1cc(C)c(S(=O)(=O)NCC(c2cccn2C)N2CCCCCC2)cc1C. The summed E-state index contributed by atoms with van der Waals surface area (Å²) >= 11 is 0. The quantitative estimate of drug-likeness (QED) is 0.797. The van der Waals surface area contributed by atoms with Crippen LogP contribution in [0.1, 0.15) is 54.1 Å². The lowest BCUT2D eigenvalue weighted by atomic mass is 10.1. The van der Waals surface area contributed by atoms with Crippen LogP contribution in [0, 0.1) is 20.8 Å². The summed E-state index contributed by atoms with van der Waals surface area (Å²) in [4.78, 5) is 2.83. The van der Waals surface area contributed by atoms with Crippen LogP contribution in [0.15, 0.2) is 35.4 Å². The zero-order chi connectivity index (χ0) is 20.3. The Hall–Kier alpha value is -1.63. The average Bonchev–Trinajstić information content (AvgIpc) is 2.89. The molecule has 1 saturated heterocycles. The normalized spacial score (nSPS) is 17.4. The standard InChI is InChI=1S/C22H33N3O2S/c1-17-14-19(3)22(15-18(17)2)28(26,27)23-16-21(20-10-9-11-24(20)4)25-12-7-5-6-8-13-25/h9-11,14-15,21,23H,5-8,12-13,16H2,1-4H3. The molecule has 2 aromatic rings. The van der Waals surface area contributed by atoms with Gasteiger partial charge in [0.05, 0.1) is 10.9 Å². The lowest BCUT2D eigenvalue weighted by molar-refractivity contribution is 0.199. The highest BCUT2D eigenvalue weighted by Gasteiger charge is 2.26. The number of nitrogens with zero attached hydrogens (tertiary/aromatic N) is 2. The van der Waals surface area contributed by atoms with Gasteiger partial charge in [-0.2, -0.15) is 0 Å². The second kappa shape index (κ2) is 8.80. The number of nitrogens with one attached hydrogen (secondary N) is 1. The van der Waals surface area contributed by atoms with E-state index in [1.807, 2.05) is 46.1 Å². The lowest BCUT2D eigenvalue weighted by Gasteiger charge is -2.31. The van der Waals surface area contributed by atoms with Crippen LogP contribution in [0.2, 0.25) is 0 Å². The Morgan fingerprint density at radius 1 is 1.00 bits per heavy atom. The van der Waals surface area contributed by atoms with Gasteiger partial charge in [-0.05, 0) is 81.6 Å². The fraction of sp³-hybridized carbons (Fsp3) is 0.545. The van der Waals surface area contributed by atoms with E-state index in [0.717, 1.165) is 35.5 Å². The zero-order valence-electron chi connectivity index (χ0n) is 17.5. The highest BCUT2D eigenvalue weighted by atomic mass is 32.2. The van der Waals surface area contributed by atoms with Crippen LogP contribution in [-0.4, -0.2) is 37.5 Å². The molecule has 0 aliphatic carbocycles. The fourth-order valence-corrected chi connectivity index (χ4v) is 5.49. The minimum Gasteiger partial charge on any atom is -0.353 e. The van der Waals surface area contributed by atoms with Crippen molar-refractivity contribution in [1.29, 1.82) is 0 Å². The van der Waals surface area contributed by atoms with Crippen molar-refractivity contribution in [3.63, 3.8) is 0 Å². The molecule has 1 aromatic heterocycles. The van der Waals surface area contributed by atoms with E-state index in [0.29, 0.717) is 11.4 Å². The summed E-state index contributed by atoms with van der Waals surface area (Å²) in [5, 5.41) is 0. The molecular formula is C22H33N3O2S. The number of hydrogen-bond donors (Lipinski definition) is 1. The van der Waals surface area contributed by atoms with Crippen LogP contribution in [0.4, 0.5) is 0 Å². The minimum absolute atomic E-state index is 0.0414. The Balaban J connectivity index is 1.85. The fourth-order valence-electron chi connectivity index (χ4n) is 4.14. The van der Waals surface area contributed by atoms with Gasteiger partial charge in [-0.1, -0.05) is 18.9 Å². The summed E-state index contributed by atoms with van der Waals surface area (Å²) in [7, 11) is -1.53.